The molecule has 1 saturated heterocycles. The summed E-state index contributed by atoms with van der Waals surface area (Å²) in [6, 6.07) is 10.5. The minimum atomic E-state index is 1.03. The average Bonchev–Trinajstić information content (AvgIpc) is 2.47. The molecule has 20 heavy (non-hydrogen) atoms. The third-order valence-electron chi connectivity index (χ3n) is 3.86. The highest BCUT2D eigenvalue weighted by Crippen LogP contribution is 2.05. The van der Waals surface area contributed by atoms with Gasteiger partial charge in [0, 0.05) is 58.0 Å². The summed E-state index contributed by atoms with van der Waals surface area (Å²) < 4.78 is 0. The van der Waals surface area contributed by atoms with Crippen LogP contribution in [0, 0.1) is 0 Å². The predicted octanol–water partition coefficient (Wildman–Crippen LogP) is 1.28. The van der Waals surface area contributed by atoms with Crippen LogP contribution in [-0.4, -0.2) is 81.2 Å². The molecule has 0 bridgehead atoms. The van der Waals surface area contributed by atoms with E-state index in [0.29, 0.717) is 0 Å². The summed E-state index contributed by atoms with van der Waals surface area (Å²) in [7, 11) is 4.29. The Labute approximate surface area is 123 Å². The van der Waals surface area contributed by atoms with Crippen LogP contribution in [0.4, 0.5) is 5.69 Å². The van der Waals surface area contributed by atoms with Gasteiger partial charge in [0.2, 0.25) is 0 Å². The van der Waals surface area contributed by atoms with Gasteiger partial charge in [-0.05, 0) is 26.2 Å². The van der Waals surface area contributed by atoms with Gasteiger partial charge in [0.1, 0.15) is 0 Å². The largest absolute Gasteiger partial charge is 0.384 e. The first-order valence-corrected chi connectivity index (χ1v) is 7.62. The van der Waals surface area contributed by atoms with Gasteiger partial charge < -0.3 is 10.2 Å². The molecule has 0 unspecified atom stereocenters. The van der Waals surface area contributed by atoms with Gasteiger partial charge in [-0.25, -0.2) is 0 Å². The number of rotatable bonds is 7. The van der Waals surface area contributed by atoms with Crippen LogP contribution in [0.5, 0.6) is 0 Å². The van der Waals surface area contributed by atoms with Crippen molar-refractivity contribution in [1.82, 2.24) is 14.7 Å². The molecule has 0 spiro atoms. The highest BCUT2D eigenvalue weighted by atomic mass is 15.3. The number of anilines is 1. The Hall–Kier alpha value is -1.10. The summed E-state index contributed by atoms with van der Waals surface area (Å²) in [6.07, 6.45) is 0. The third kappa shape index (κ3) is 5.49. The molecule has 1 aromatic carbocycles. The van der Waals surface area contributed by atoms with Crippen molar-refractivity contribution in [2.75, 3.05) is 71.8 Å². The SMILES string of the molecule is CN(C)CCN1CCN(CCNc2ccccc2)CC1. The van der Waals surface area contributed by atoms with Gasteiger partial charge in [0.05, 0.1) is 0 Å². The van der Waals surface area contributed by atoms with Gasteiger partial charge >= 0.3 is 0 Å². The van der Waals surface area contributed by atoms with Crippen LogP contribution in [0.1, 0.15) is 0 Å². The molecule has 4 heteroatoms. The zero-order chi connectivity index (χ0) is 14.2. The molecule has 4 nitrogen and oxygen atoms in total. The van der Waals surface area contributed by atoms with E-state index in [1.165, 1.54) is 38.4 Å². The molecule has 1 heterocycles. The van der Waals surface area contributed by atoms with Gasteiger partial charge in [-0.15, -0.1) is 0 Å². The Morgan fingerprint density at radius 2 is 1.55 bits per heavy atom. The number of hydrogen-bond acceptors (Lipinski definition) is 4. The Bertz CT molecular complexity index is 358. The van der Waals surface area contributed by atoms with Crippen LogP contribution in [0.2, 0.25) is 0 Å². The molecule has 1 N–H and O–H groups in total. The first-order valence-electron chi connectivity index (χ1n) is 7.62. The molecular formula is C16H28N4. The number of nitrogens with one attached hydrogen (secondary N) is 1. The molecular weight excluding hydrogens is 248 g/mol. The quantitative estimate of drug-likeness (QED) is 0.810. The van der Waals surface area contributed by atoms with Crippen molar-refractivity contribution >= 4 is 5.69 Å². The molecule has 1 aromatic rings. The lowest BCUT2D eigenvalue weighted by atomic mass is 10.3. The van der Waals surface area contributed by atoms with Gasteiger partial charge in [-0.2, -0.15) is 0 Å². The highest BCUT2D eigenvalue weighted by Gasteiger charge is 2.15. The smallest absolute Gasteiger partial charge is 0.0340 e. The summed E-state index contributed by atoms with van der Waals surface area (Å²) in [4.78, 5) is 7.39. The fourth-order valence-electron chi connectivity index (χ4n) is 2.49. The Kier molecular flexibility index (Phi) is 6.30. The normalized spacial score (nSPS) is 17.6. The molecule has 1 fully saturated rings. The van der Waals surface area contributed by atoms with E-state index in [-0.39, 0.29) is 0 Å². The molecule has 0 radical (unpaired) electrons. The van der Waals surface area contributed by atoms with Crippen LogP contribution in [-0.2, 0) is 0 Å². The maximum absolute atomic E-state index is 3.48. The lowest BCUT2D eigenvalue weighted by Gasteiger charge is -2.35. The van der Waals surface area contributed by atoms with Crippen LogP contribution in [0.3, 0.4) is 0 Å². The van der Waals surface area contributed by atoms with E-state index in [0.717, 1.165) is 19.6 Å². The number of hydrogen-bond donors (Lipinski definition) is 1. The molecule has 0 saturated carbocycles. The number of piperazine rings is 1. The zero-order valence-electron chi connectivity index (χ0n) is 12.9. The van der Waals surface area contributed by atoms with E-state index in [2.05, 4.69) is 64.4 Å². The van der Waals surface area contributed by atoms with Crippen LogP contribution in [0.25, 0.3) is 0 Å². The van der Waals surface area contributed by atoms with Crippen molar-refractivity contribution in [3.63, 3.8) is 0 Å². The van der Waals surface area contributed by atoms with Crippen molar-refractivity contribution in [2.24, 2.45) is 0 Å². The summed E-state index contributed by atoms with van der Waals surface area (Å²) in [6.45, 7) is 9.34. The number of benzene rings is 1. The molecule has 112 valence electrons. The minimum absolute atomic E-state index is 1.03. The van der Waals surface area contributed by atoms with E-state index in [4.69, 9.17) is 0 Å². The summed E-state index contributed by atoms with van der Waals surface area (Å²) >= 11 is 0. The Morgan fingerprint density at radius 3 is 2.15 bits per heavy atom. The van der Waals surface area contributed by atoms with E-state index >= 15 is 0 Å². The monoisotopic (exact) mass is 276 g/mol. The van der Waals surface area contributed by atoms with E-state index in [9.17, 15) is 0 Å². The highest BCUT2D eigenvalue weighted by molar-refractivity contribution is 5.42. The fraction of sp³-hybridized carbons (Fsp3) is 0.625. The lowest BCUT2D eigenvalue weighted by Crippen LogP contribution is -2.48. The molecule has 0 amide bonds. The molecule has 1 aliphatic heterocycles. The molecule has 2 rings (SSSR count). The van der Waals surface area contributed by atoms with Crippen molar-refractivity contribution < 1.29 is 0 Å². The molecule has 0 aromatic heterocycles. The number of likely N-dealkylation sites (N-methyl/N-ethyl adjacent to an activating group) is 1. The van der Waals surface area contributed by atoms with Crippen LogP contribution < -0.4 is 5.32 Å². The van der Waals surface area contributed by atoms with Crippen LogP contribution >= 0.6 is 0 Å². The Balaban J connectivity index is 1.58. The number of nitrogens with zero attached hydrogens (tertiary/aromatic N) is 3. The maximum atomic E-state index is 3.48. The fourth-order valence-corrected chi connectivity index (χ4v) is 2.49. The second-order valence-electron chi connectivity index (χ2n) is 5.78. The summed E-state index contributed by atoms with van der Waals surface area (Å²) in [5.74, 6) is 0. The van der Waals surface area contributed by atoms with Gasteiger partial charge in [0.25, 0.3) is 0 Å². The van der Waals surface area contributed by atoms with Crippen molar-refractivity contribution in [1.29, 1.82) is 0 Å². The van der Waals surface area contributed by atoms with E-state index in [1.807, 2.05) is 0 Å². The second kappa shape index (κ2) is 8.25. The lowest BCUT2D eigenvalue weighted by molar-refractivity contribution is 0.128. The van der Waals surface area contributed by atoms with E-state index < -0.39 is 0 Å². The van der Waals surface area contributed by atoms with Crippen LogP contribution in [0.15, 0.2) is 30.3 Å². The zero-order valence-corrected chi connectivity index (χ0v) is 12.9. The second-order valence-corrected chi connectivity index (χ2v) is 5.78. The average molecular weight is 276 g/mol. The Morgan fingerprint density at radius 1 is 0.950 bits per heavy atom. The summed E-state index contributed by atoms with van der Waals surface area (Å²) in [5.41, 5.74) is 1.22. The molecule has 0 aliphatic carbocycles. The maximum Gasteiger partial charge on any atom is 0.0340 e. The van der Waals surface area contributed by atoms with Gasteiger partial charge in [0.15, 0.2) is 0 Å². The minimum Gasteiger partial charge on any atom is -0.384 e. The molecule has 0 atom stereocenters. The summed E-state index contributed by atoms with van der Waals surface area (Å²) in [5, 5.41) is 3.48. The molecule has 1 aliphatic rings. The standard InChI is InChI=1S/C16H28N4/c1-18(2)10-11-20-14-12-19(13-15-20)9-8-17-16-6-4-3-5-7-16/h3-7,17H,8-15H2,1-2H3. The number of para-hydroxylation sites is 1. The first kappa shape index (κ1) is 15.3. The van der Waals surface area contributed by atoms with Gasteiger partial charge in [-0.3, -0.25) is 9.80 Å². The first-order chi connectivity index (χ1) is 9.74. The van der Waals surface area contributed by atoms with Crippen molar-refractivity contribution in [2.45, 2.75) is 0 Å². The van der Waals surface area contributed by atoms with E-state index in [1.54, 1.807) is 0 Å². The third-order valence-corrected chi connectivity index (χ3v) is 3.86. The van der Waals surface area contributed by atoms with Gasteiger partial charge in [-0.1, -0.05) is 18.2 Å². The topological polar surface area (TPSA) is 21.8 Å². The van der Waals surface area contributed by atoms with Crippen molar-refractivity contribution in [3.05, 3.63) is 30.3 Å². The predicted molar refractivity (Wildman–Crippen MR) is 86.4 cm³/mol. The van der Waals surface area contributed by atoms with Crippen molar-refractivity contribution in [3.8, 4) is 0 Å².